The molecule has 1 saturated heterocycles. The minimum Gasteiger partial charge on any atom is -0.480 e. The molecule has 1 unspecified atom stereocenters. The molecule has 1 N–H and O–H groups in total. The molecule has 23 heavy (non-hydrogen) atoms. The quantitative estimate of drug-likeness (QED) is 0.889. The fourth-order valence-corrected chi connectivity index (χ4v) is 2.69. The van der Waals surface area contributed by atoms with Crippen LogP contribution >= 0.6 is 0 Å². The van der Waals surface area contributed by atoms with Crippen molar-refractivity contribution in [1.82, 2.24) is 4.90 Å². The van der Waals surface area contributed by atoms with E-state index in [1.165, 1.54) is 21.9 Å². The molecule has 0 spiro atoms. The maximum atomic E-state index is 13.3. The van der Waals surface area contributed by atoms with E-state index in [0.717, 1.165) is 0 Å². The Kier molecular flexibility index (Phi) is 4.98. The lowest BCUT2D eigenvalue weighted by molar-refractivity contribution is -0.146. The van der Waals surface area contributed by atoms with E-state index in [1.807, 2.05) is 0 Å². The minimum atomic E-state index is -1.09. The zero-order chi connectivity index (χ0) is 17.1. The van der Waals surface area contributed by atoms with Crippen LogP contribution in [0.2, 0.25) is 0 Å². The number of aliphatic carboxylic acids is 1. The first-order valence-corrected chi connectivity index (χ1v) is 7.40. The molecule has 1 aliphatic heterocycles. The van der Waals surface area contributed by atoms with E-state index < -0.39 is 11.9 Å². The normalized spacial score (nSPS) is 17.4. The fourth-order valence-electron chi connectivity index (χ4n) is 2.69. The fraction of sp³-hybridized carbons (Fsp3) is 0.438. The molecular weight excluding hydrogens is 303 g/mol. The Morgan fingerprint density at radius 1 is 1.43 bits per heavy atom. The van der Waals surface area contributed by atoms with Gasteiger partial charge in [0.25, 0.3) is 0 Å². The highest BCUT2D eigenvalue weighted by atomic mass is 19.1. The number of likely N-dealkylation sites (N-methyl/N-ethyl adjacent to an activating group) is 1. The van der Waals surface area contributed by atoms with Crippen LogP contribution in [0.4, 0.5) is 10.1 Å². The van der Waals surface area contributed by atoms with Gasteiger partial charge in [-0.2, -0.15) is 0 Å². The Bertz CT molecular complexity index is 647. The molecule has 1 aromatic rings. The molecular formula is C16H19FN2O4. The number of benzene rings is 1. The first-order valence-electron chi connectivity index (χ1n) is 7.40. The lowest BCUT2D eigenvalue weighted by Gasteiger charge is -2.22. The van der Waals surface area contributed by atoms with Gasteiger partial charge in [-0.1, -0.05) is 0 Å². The smallest absolute Gasteiger partial charge is 0.323 e. The van der Waals surface area contributed by atoms with Crippen LogP contribution in [0.25, 0.3) is 0 Å². The number of carboxylic acids is 1. The Morgan fingerprint density at radius 2 is 2.13 bits per heavy atom. The summed E-state index contributed by atoms with van der Waals surface area (Å²) in [5.74, 6) is -2.58. The number of carbonyl (C=O) groups excluding carboxylic acids is 2. The summed E-state index contributed by atoms with van der Waals surface area (Å²) in [6.45, 7) is 3.37. The monoisotopic (exact) mass is 322 g/mol. The third-order valence-corrected chi connectivity index (χ3v) is 3.95. The van der Waals surface area contributed by atoms with Gasteiger partial charge in [0.2, 0.25) is 11.8 Å². The van der Waals surface area contributed by atoms with Crippen LogP contribution in [0.3, 0.4) is 0 Å². The summed E-state index contributed by atoms with van der Waals surface area (Å²) in [6.07, 6.45) is 0.0331. The molecule has 2 amide bonds. The summed E-state index contributed by atoms with van der Waals surface area (Å²) in [5, 5.41) is 8.84. The summed E-state index contributed by atoms with van der Waals surface area (Å²) < 4.78 is 13.3. The predicted octanol–water partition coefficient (Wildman–Crippen LogP) is 1.42. The number of halogens is 1. The van der Waals surface area contributed by atoms with Crippen molar-refractivity contribution >= 4 is 23.5 Å². The third-order valence-electron chi connectivity index (χ3n) is 3.95. The van der Waals surface area contributed by atoms with Crippen LogP contribution in [0, 0.1) is 18.7 Å². The molecule has 1 aliphatic rings. The highest BCUT2D eigenvalue weighted by molar-refractivity contribution is 6.00. The largest absolute Gasteiger partial charge is 0.480 e. The molecule has 6 nitrogen and oxygen atoms in total. The molecule has 2 rings (SSSR count). The van der Waals surface area contributed by atoms with Crippen molar-refractivity contribution in [2.75, 3.05) is 24.5 Å². The number of carboxylic acid groups (broad SMARTS) is 1. The first-order chi connectivity index (χ1) is 10.8. The van der Waals surface area contributed by atoms with Gasteiger partial charge in [-0.15, -0.1) is 0 Å². The molecule has 0 radical (unpaired) electrons. The van der Waals surface area contributed by atoms with Gasteiger partial charge in [-0.05, 0) is 37.6 Å². The van der Waals surface area contributed by atoms with Crippen molar-refractivity contribution in [1.29, 1.82) is 0 Å². The molecule has 124 valence electrons. The zero-order valence-electron chi connectivity index (χ0n) is 13.1. The van der Waals surface area contributed by atoms with Gasteiger partial charge in [0.1, 0.15) is 12.4 Å². The van der Waals surface area contributed by atoms with Crippen molar-refractivity contribution < 1.29 is 23.9 Å². The maximum absolute atomic E-state index is 13.3. The minimum absolute atomic E-state index is 0.0331. The van der Waals surface area contributed by atoms with Crippen molar-refractivity contribution in [3.8, 4) is 0 Å². The number of aryl methyl sites for hydroxylation is 1. The van der Waals surface area contributed by atoms with Gasteiger partial charge in [-0.3, -0.25) is 14.4 Å². The third kappa shape index (κ3) is 3.67. The highest BCUT2D eigenvalue weighted by Crippen LogP contribution is 2.27. The van der Waals surface area contributed by atoms with Gasteiger partial charge < -0.3 is 14.9 Å². The van der Waals surface area contributed by atoms with E-state index in [4.69, 9.17) is 5.11 Å². The zero-order valence-corrected chi connectivity index (χ0v) is 13.1. The number of carbonyl (C=O) groups is 3. The summed E-state index contributed by atoms with van der Waals surface area (Å²) in [5.41, 5.74) is 0.969. The van der Waals surface area contributed by atoms with Crippen LogP contribution in [0.1, 0.15) is 18.9 Å². The van der Waals surface area contributed by atoms with Gasteiger partial charge >= 0.3 is 5.97 Å². The summed E-state index contributed by atoms with van der Waals surface area (Å²) in [7, 11) is 0. The lowest BCUT2D eigenvalue weighted by Crippen LogP contribution is -2.40. The van der Waals surface area contributed by atoms with Crippen molar-refractivity contribution in [2.45, 2.75) is 20.3 Å². The Hall–Kier alpha value is -2.44. The van der Waals surface area contributed by atoms with E-state index in [9.17, 15) is 18.8 Å². The van der Waals surface area contributed by atoms with E-state index in [-0.39, 0.29) is 43.7 Å². The van der Waals surface area contributed by atoms with Crippen molar-refractivity contribution in [3.05, 3.63) is 29.6 Å². The Labute approximate surface area is 133 Å². The van der Waals surface area contributed by atoms with E-state index >= 15 is 0 Å². The number of rotatable bonds is 5. The van der Waals surface area contributed by atoms with Crippen molar-refractivity contribution in [3.63, 3.8) is 0 Å². The summed E-state index contributed by atoms with van der Waals surface area (Å²) in [6, 6.07) is 4.35. The predicted molar refractivity (Wildman–Crippen MR) is 81.5 cm³/mol. The number of hydrogen-bond donors (Lipinski definition) is 1. The summed E-state index contributed by atoms with van der Waals surface area (Å²) >= 11 is 0. The van der Waals surface area contributed by atoms with E-state index in [1.54, 1.807) is 19.9 Å². The second-order valence-electron chi connectivity index (χ2n) is 5.59. The second kappa shape index (κ2) is 6.76. The summed E-state index contributed by atoms with van der Waals surface area (Å²) in [4.78, 5) is 38.0. The number of amides is 2. The van der Waals surface area contributed by atoms with Gasteiger partial charge in [0.15, 0.2) is 0 Å². The molecule has 0 aliphatic carbocycles. The van der Waals surface area contributed by atoms with Crippen LogP contribution < -0.4 is 4.90 Å². The van der Waals surface area contributed by atoms with Gasteiger partial charge in [-0.25, -0.2) is 4.39 Å². The molecule has 1 heterocycles. The molecule has 0 bridgehead atoms. The molecule has 1 atom stereocenters. The molecule has 0 saturated carbocycles. The van der Waals surface area contributed by atoms with Crippen LogP contribution in [-0.4, -0.2) is 47.4 Å². The standard InChI is InChI=1S/C16H19FN2O4/c1-3-18(9-15(21)22)16(23)11-7-14(20)19(8-11)12-4-5-13(17)10(2)6-12/h4-6,11H,3,7-9H2,1-2H3,(H,21,22). The van der Waals surface area contributed by atoms with E-state index in [2.05, 4.69) is 0 Å². The van der Waals surface area contributed by atoms with Gasteiger partial charge in [0.05, 0.1) is 5.92 Å². The average Bonchev–Trinajstić information content (AvgIpc) is 2.88. The molecule has 1 fully saturated rings. The second-order valence-corrected chi connectivity index (χ2v) is 5.59. The average molecular weight is 322 g/mol. The SMILES string of the molecule is CCN(CC(=O)O)C(=O)C1CC(=O)N(c2ccc(F)c(C)c2)C1. The van der Waals surface area contributed by atoms with Crippen molar-refractivity contribution in [2.24, 2.45) is 5.92 Å². The van der Waals surface area contributed by atoms with Crippen LogP contribution in [0.5, 0.6) is 0 Å². The maximum Gasteiger partial charge on any atom is 0.323 e. The van der Waals surface area contributed by atoms with Crippen LogP contribution in [0.15, 0.2) is 18.2 Å². The van der Waals surface area contributed by atoms with Gasteiger partial charge in [0, 0.05) is 25.2 Å². The highest BCUT2D eigenvalue weighted by Gasteiger charge is 2.37. The lowest BCUT2D eigenvalue weighted by atomic mass is 10.1. The molecule has 0 aromatic heterocycles. The number of hydrogen-bond acceptors (Lipinski definition) is 3. The Morgan fingerprint density at radius 3 is 2.70 bits per heavy atom. The van der Waals surface area contributed by atoms with Crippen LogP contribution in [-0.2, 0) is 14.4 Å². The number of anilines is 1. The van der Waals surface area contributed by atoms with E-state index in [0.29, 0.717) is 11.3 Å². The Balaban J connectivity index is 2.14. The molecule has 1 aromatic carbocycles. The number of nitrogens with zero attached hydrogens (tertiary/aromatic N) is 2. The first kappa shape index (κ1) is 16.9. The topological polar surface area (TPSA) is 77.9 Å². The molecule has 7 heteroatoms.